The largest absolute Gasteiger partial charge is 0.481 e. The van der Waals surface area contributed by atoms with Gasteiger partial charge in [0.1, 0.15) is 6.04 Å². The van der Waals surface area contributed by atoms with Gasteiger partial charge in [-0.05, 0) is 0 Å². The second kappa shape index (κ2) is 7.04. The third-order valence-electron chi connectivity index (χ3n) is 1.64. The molecule has 6 N–H and O–H groups in total. The number of nitrogens with two attached hydrogens (primary N) is 1. The number of carbonyl (C=O) groups is 4. The van der Waals surface area contributed by atoms with E-state index in [4.69, 9.17) is 15.9 Å². The molecule has 17 heavy (non-hydrogen) atoms. The average molecular weight is 247 g/mol. The van der Waals surface area contributed by atoms with Crippen LogP contribution in [0.3, 0.4) is 0 Å². The number of aliphatic carboxylic acids is 2. The van der Waals surface area contributed by atoms with Crippen molar-refractivity contribution >= 4 is 23.9 Å². The van der Waals surface area contributed by atoms with Crippen molar-refractivity contribution in [2.45, 2.75) is 18.9 Å². The molecule has 0 heterocycles. The fourth-order valence-corrected chi connectivity index (χ4v) is 0.883. The number of hydrogen-bond donors (Lipinski definition) is 5. The first-order chi connectivity index (χ1) is 7.82. The zero-order valence-electron chi connectivity index (χ0n) is 8.80. The fraction of sp³-hybridized carbons (Fsp3) is 0.500. The number of carbonyl (C=O) groups excluding carboxylic acids is 2. The van der Waals surface area contributed by atoms with E-state index in [0.29, 0.717) is 0 Å². The number of rotatable bonds is 7. The lowest BCUT2D eigenvalue weighted by atomic mass is 10.2. The average Bonchev–Trinajstić information content (AvgIpc) is 2.15. The summed E-state index contributed by atoms with van der Waals surface area (Å²) in [6, 6.07) is -2.40. The Morgan fingerprint density at radius 2 is 1.76 bits per heavy atom. The first-order valence-electron chi connectivity index (χ1n) is 4.60. The molecular weight excluding hydrogens is 234 g/mol. The number of urea groups is 1. The summed E-state index contributed by atoms with van der Waals surface area (Å²) < 4.78 is 0. The summed E-state index contributed by atoms with van der Waals surface area (Å²) in [6.07, 6.45) is -0.831. The van der Waals surface area contributed by atoms with Gasteiger partial charge >= 0.3 is 18.0 Å². The van der Waals surface area contributed by atoms with Gasteiger partial charge in [0.2, 0.25) is 5.91 Å². The lowest BCUT2D eigenvalue weighted by molar-refractivity contribution is -0.145. The molecule has 0 aromatic carbocycles. The van der Waals surface area contributed by atoms with Crippen molar-refractivity contribution in [3.63, 3.8) is 0 Å². The lowest BCUT2D eigenvalue weighted by Crippen LogP contribution is -2.47. The molecule has 9 nitrogen and oxygen atoms in total. The molecular formula is C8H13N3O6. The monoisotopic (exact) mass is 247 g/mol. The molecule has 1 atom stereocenters. The molecule has 9 heteroatoms. The summed E-state index contributed by atoms with van der Waals surface area (Å²) in [5.74, 6) is -3.43. The minimum atomic E-state index is -1.53. The number of nitrogens with one attached hydrogen (secondary N) is 2. The maximum absolute atomic E-state index is 11.1. The molecule has 0 unspecified atom stereocenters. The van der Waals surface area contributed by atoms with Crippen LogP contribution >= 0.6 is 0 Å². The molecule has 0 rings (SSSR count). The van der Waals surface area contributed by atoms with E-state index >= 15 is 0 Å². The van der Waals surface area contributed by atoms with Gasteiger partial charge in [-0.1, -0.05) is 0 Å². The maximum Gasteiger partial charge on any atom is 0.326 e. The van der Waals surface area contributed by atoms with E-state index in [1.165, 1.54) is 0 Å². The second-order valence-corrected chi connectivity index (χ2v) is 3.11. The Morgan fingerprint density at radius 1 is 1.18 bits per heavy atom. The number of primary amides is 1. The van der Waals surface area contributed by atoms with E-state index in [1.54, 1.807) is 0 Å². The number of amides is 3. The van der Waals surface area contributed by atoms with Gasteiger partial charge in [0.05, 0.1) is 6.42 Å². The minimum absolute atomic E-state index is 0.0550. The highest BCUT2D eigenvalue weighted by Gasteiger charge is 2.22. The number of hydrogen-bond acceptors (Lipinski definition) is 4. The van der Waals surface area contributed by atoms with E-state index < -0.39 is 36.3 Å². The molecule has 0 aliphatic heterocycles. The zero-order valence-corrected chi connectivity index (χ0v) is 8.80. The summed E-state index contributed by atoms with van der Waals surface area (Å²) in [6.45, 7) is -0.0550. The van der Waals surface area contributed by atoms with Gasteiger partial charge in [0, 0.05) is 13.0 Å². The fourth-order valence-electron chi connectivity index (χ4n) is 0.883. The Labute approximate surface area is 96.0 Å². The molecule has 0 fully saturated rings. The van der Waals surface area contributed by atoms with E-state index in [-0.39, 0.29) is 13.0 Å². The van der Waals surface area contributed by atoms with Gasteiger partial charge < -0.3 is 26.6 Å². The van der Waals surface area contributed by atoms with Gasteiger partial charge in [-0.25, -0.2) is 9.59 Å². The molecule has 0 bridgehead atoms. The Kier molecular flexibility index (Phi) is 6.08. The van der Waals surface area contributed by atoms with E-state index in [9.17, 15) is 19.2 Å². The summed E-state index contributed by atoms with van der Waals surface area (Å²) in [4.78, 5) is 42.3. The van der Waals surface area contributed by atoms with Crippen LogP contribution in [0.1, 0.15) is 12.8 Å². The SMILES string of the molecule is NC(=O)CCNC(=O)N[C@@H](CC(=O)O)C(=O)O. The topological polar surface area (TPSA) is 159 Å². The summed E-state index contributed by atoms with van der Waals surface area (Å²) in [5, 5.41) is 21.1. The van der Waals surface area contributed by atoms with Crippen molar-refractivity contribution in [2.75, 3.05) is 6.54 Å². The van der Waals surface area contributed by atoms with Crippen LogP contribution in [0.4, 0.5) is 4.79 Å². The Hall–Kier alpha value is -2.32. The van der Waals surface area contributed by atoms with Gasteiger partial charge in [-0.3, -0.25) is 9.59 Å². The van der Waals surface area contributed by atoms with Crippen LogP contribution < -0.4 is 16.4 Å². The van der Waals surface area contributed by atoms with Crippen LogP contribution in [0.15, 0.2) is 0 Å². The van der Waals surface area contributed by atoms with Crippen molar-refractivity contribution in [1.82, 2.24) is 10.6 Å². The normalized spacial score (nSPS) is 11.3. The summed E-state index contributed by atoms with van der Waals surface area (Å²) >= 11 is 0. The van der Waals surface area contributed by atoms with Gasteiger partial charge in [-0.2, -0.15) is 0 Å². The molecule has 0 saturated carbocycles. The van der Waals surface area contributed by atoms with Gasteiger partial charge in [-0.15, -0.1) is 0 Å². The second-order valence-electron chi connectivity index (χ2n) is 3.11. The number of carboxylic acids is 2. The van der Waals surface area contributed by atoms with Crippen LogP contribution in [0.5, 0.6) is 0 Å². The van der Waals surface area contributed by atoms with E-state index in [2.05, 4.69) is 5.32 Å². The van der Waals surface area contributed by atoms with Crippen molar-refractivity contribution in [3.05, 3.63) is 0 Å². The van der Waals surface area contributed by atoms with Crippen LogP contribution in [0.25, 0.3) is 0 Å². The smallest absolute Gasteiger partial charge is 0.326 e. The van der Waals surface area contributed by atoms with Crippen LogP contribution in [-0.4, -0.2) is 46.7 Å². The highest BCUT2D eigenvalue weighted by atomic mass is 16.4. The molecule has 3 amide bonds. The van der Waals surface area contributed by atoms with E-state index in [1.807, 2.05) is 5.32 Å². The molecule has 0 aliphatic rings. The standard InChI is InChI=1S/C8H13N3O6/c9-5(12)1-2-10-8(17)11-4(7(15)16)3-6(13)14/h4H,1-3H2,(H2,9,12)(H,13,14)(H,15,16)(H2,10,11,17)/t4-/m0/s1. The minimum Gasteiger partial charge on any atom is -0.481 e. The van der Waals surface area contributed by atoms with E-state index in [0.717, 1.165) is 0 Å². The van der Waals surface area contributed by atoms with Crippen LogP contribution in [0.2, 0.25) is 0 Å². The van der Waals surface area contributed by atoms with Crippen molar-refractivity contribution in [2.24, 2.45) is 5.73 Å². The predicted octanol–water partition coefficient (Wildman–Crippen LogP) is -1.91. The highest BCUT2D eigenvalue weighted by Crippen LogP contribution is 1.92. The third kappa shape index (κ3) is 7.59. The quantitative estimate of drug-likeness (QED) is 0.353. The van der Waals surface area contributed by atoms with Crippen molar-refractivity contribution in [1.29, 1.82) is 0 Å². The van der Waals surface area contributed by atoms with Crippen LogP contribution in [-0.2, 0) is 14.4 Å². The Balaban J connectivity index is 4.08. The molecule has 0 aliphatic carbocycles. The molecule has 96 valence electrons. The van der Waals surface area contributed by atoms with Gasteiger partial charge in [0.15, 0.2) is 0 Å². The Morgan fingerprint density at radius 3 is 2.18 bits per heavy atom. The Bertz CT molecular complexity index is 329. The zero-order chi connectivity index (χ0) is 13.4. The van der Waals surface area contributed by atoms with Crippen molar-refractivity contribution in [3.8, 4) is 0 Å². The van der Waals surface area contributed by atoms with Crippen LogP contribution in [0, 0.1) is 0 Å². The summed E-state index contributed by atoms with van der Waals surface area (Å²) in [5.41, 5.74) is 4.81. The first kappa shape index (κ1) is 14.7. The van der Waals surface area contributed by atoms with Gasteiger partial charge in [0.25, 0.3) is 0 Å². The highest BCUT2D eigenvalue weighted by molar-refractivity contribution is 5.86. The molecule has 0 saturated heterocycles. The first-order valence-corrected chi connectivity index (χ1v) is 4.60. The summed E-state index contributed by atoms with van der Waals surface area (Å²) in [7, 11) is 0. The lowest BCUT2D eigenvalue weighted by Gasteiger charge is -2.12. The molecule has 0 aromatic heterocycles. The molecule has 0 radical (unpaired) electrons. The molecule has 0 aromatic rings. The maximum atomic E-state index is 11.1. The number of carboxylic acid groups (broad SMARTS) is 2. The predicted molar refractivity (Wildman–Crippen MR) is 54.0 cm³/mol. The van der Waals surface area contributed by atoms with Crippen molar-refractivity contribution < 1.29 is 29.4 Å². The molecule has 0 spiro atoms. The third-order valence-corrected chi connectivity index (χ3v) is 1.64.